The molecule has 0 rings (SSSR count). The molecule has 0 saturated heterocycles. The van der Waals surface area contributed by atoms with Gasteiger partial charge in [-0.1, -0.05) is 0 Å². The second-order valence-electron chi connectivity index (χ2n) is 1.59. The van der Waals surface area contributed by atoms with E-state index >= 15 is 0 Å². The van der Waals surface area contributed by atoms with Crippen molar-refractivity contribution < 1.29 is 14.3 Å². The molecule has 0 aromatic heterocycles. The van der Waals surface area contributed by atoms with E-state index in [2.05, 4.69) is 14.8 Å². The van der Waals surface area contributed by atoms with Crippen LogP contribution < -0.4 is 5.32 Å². The van der Waals surface area contributed by atoms with Crippen LogP contribution in [0.2, 0.25) is 0 Å². The lowest BCUT2D eigenvalue weighted by Crippen LogP contribution is -2.13. The van der Waals surface area contributed by atoms with Crippen LogP contribution in [-0.2, 0) is 14.3 Å². The van der Waals surface area contributed by atoms with Crippen molar-refractivity contribution >= 4 is 5.91 Å². The van der Waals surface area contributed by atoms with Crippen LogP contribution in [0, 0.1) is 0 Å². The van der Waals surface area contributed by atoms with Gasteiger partial charge in [-0.15, -0.1) is 0 Å². The van der Waals surface area contributed by atoms with Gasteiger partial charge >= 0.3 is 0 Å². The Hall–Kier alpha value is -1.45. The summed E-state index contributed by atoms with van der Waals surface area (Å²) in [5, 5.41) is 2.41. The molecule has 0 aromatic rings. The van der Waals surface area contributed by atoms with Gasteiger partial charge in [-0.2, -0.15) is 0 Å². The number of rotatable bonds is 4. The van der Waals surface area contributed by atoms with Crippen molar-refractivity contribution in [2.45, 2.75) is 0 Å². The molecule has 0 heterocycles. The zero-order chi connectivity index (χ0) is 8.53. The third-order valence-corrected chi connectivity index (χ3v) is 0.785. The van der Waals surface area contributed by atoms with Crippen LogP contribution in [0.4, 0.5) is 0 Å². The maximum Gasteiger partial charge on any atom is 0.251 e. The third-order valence-electron chi connectivity index (χ3n) is 0.785. The monoisotopic (exact) mass is 157 g/mol. The first-order valence-electron chi connectivity index (χ1n) is 2.99. The molecule has 0 fully saturated rings. The highest BCUT2D eigenvalue weighted by Crippen LogP contribution is 1.74. The molecule has 4 nitrogen and oxygen atoms in total. The first-order valence-corrected chi connectivity index (χ1v) is 2.99. The van der Waals surface area contributed by atoms with Crippen molar-refractivity contribution in [3.8, 4) is 0 Å². The second kappa shape index (κ2) is 6.67. The molecular weight excluding hydrogens is 146 g/mol. The lowest BCUT2D eigenvalue weighted by Gasteiger charge is -1.91. The number of amides is 1. The summed E-state index contributed by atoms with van der Waals surface area (Å²) in [6.45, 7) is 0. The van der Waals surface area contributed by atoms with E-state index in [1.807, 2.05) is 0 Å². The predicted molar refractivity (Wildman–Crippen MR) is 40.4 cm³/mol. The highest BCUT2D eigenvalue weighted by atomic mass is 16.5. The Morgan fingerprint density at radius 3 is 2.45 bits per heavy atom. The van der Waals surface area contributed by atoms with Gasteiger partial charge in [0.25, 0.3) is 5.91 Å². The lowest BCUT2D eigenvalue weighted by atomic mass is 10.6. The molecule has 62 valence electrons. The molecule has 0 aliphatic heterocycles. The van der Waals surface area contributed by atoms with Crippen molar-refractivity contribution in [3.63, 3.8) is 0 Å². The normalized spacial score (nSPS) is 10.4. The van der Waals surface area contributed by atoms with Crippen LogP contribution in [0.15, 0.2) is 24.8 Å². The predicted octanol–water partition coefficient (Wildman–Crippen LogP) is 0.380. The maximum atomic E-state index is 10.7. The summed E-state index contributed by atoms with van der Waals surface area (Å²) in [5.41, 5.74) is 0. The highest BCUT2D eigenvalue weighted by molar-refractivity contribution is 5.87. The summed E-state index contributed by atoms with van der Waals surface area (Å²) in [7, 11) is 2.96. The Morgan fingerprint density at radius 2 is 1.91 bits per heavy atom. The highest BCUT2D eigenvalue weighted by Gasteiger charge is 1.87. The average molecular weight is 157 g/mol. The van der Waals surface area contributed by atoms with Crippen molar-refractivity contribution in [1.29, 1.82) is 0 Å². The first kappa shape index (κ1) is 9.55. The van der Waals surface area contributed by atoms with Crippen LogP contribution >= 0.6 is 0 Å². The standard InChI is InChI=1S/C7H11NO3/c1-10-5-3-7(9)8-4-6-11-2/h3-6H,1-2H3,(H,8,9)/b5-3+,6-4+. The number of carbonyl (C=O) groups excluding carboxylic acids is 1. The number of nitrogens with one attached hydrogen (secondary N) is 1. The molecule has 0 unspecified atom stereocenters. The van der Waals surface area contributed by atoms with Crippen LogP contribution in [-0.4, -0.2) is 20.1 Å². The van der Waals surface area contributed by atoms with E-state index < -0.39 is 0 Å². The van der Waals surface area contributed by atoms with Crippen molar-refractivity contribution in [3.05, 3.63) is 24.8 Å². The van der Waals surface area contributed by atoms with E-state index in [0.717, 1.165) is 0 Å². The number of methoxy groups -OCH3 is 2. The molecule has 0 bridgehead atoms. The molecular formula is C7H11NO3. The fourth-order valence-corrected chi connectivity index (χ4v) is 0.362. The summed E-state index contributed by atoms with van der Waals surface area (Å²) in [5.74, 6) is -0.264. The molecule has 0 aliphatic rings. The Morgan fingerprint density at radius 1 is 1.27 bits per heavy atom. The maximum absolute atomic E-state index is 10.7. The van der Waals surface area contributed by atoms with Gasteiger partial charge in [0, 0.05) is 12.3 Å². The minimum absolute atomic E-state index is 0.264. The molecule has 0 atom stereocenters. The van der Waals surface area contributed by atoms with Gasteiger partial charge in [0.2, 0.25) is 0 Å². The summed E-state index contributed by atoms with van der Waals surface area (Å²) in [6.07, 6.45) is 5.30. The van der Waals surface area contributed by atoms with Gasteiger partial charge in [-0.05, 0) is 0 Å². The van der Waals surface area contributed by atoms with E-state index in [1.165, 1.54) is 39.0 Å². The summed E-state index contributed by atoms with van der Waals surface area (Å²) >= 11 is 0. The van der Waals surface area contributed by atoms with E-state index in [0.29, 0.717) is 0 Å². The summed E-state index contributed by atoms with van der Waals surface area (Å²) in [4.78, 5) is 10.7. The first-order chi connectivity index (χ1) is 5.31. The fourth-order valence-electron chi connectivity index (χ4n) is 0.362. The summed E-state index contributed by atoms with van der Waals surface area (Å²) in [6, 6.07) is 0. The van der Waals surface area contributed by atoms with Gasteiger partial charge in [-0.25, -0.2) is 0 Å². The van der Waals surface area contributed by atoms with Gasteiger partial charge in [-0.3, -0.25) is 4.79 Å². The zero-order valence-electron chi connectivity index (χ0n) is 6.53. The van der Waals surface area contributed by atoms with Gasteiger partial charge in [0.05, 0.1) is 26.7 Å². The van der Waals surface area contributed by atoms with E-state index in [-0.39, 0.29) is 5.91 Å². The van der Waals surface area contributed by atoms with Crippen molar-refractivity contribution in [2.24, 2.45) is 0 Å². The smallest absolute Gasteiger partial charge is 0.251 e. The lowest BCUT2D eigenvalue weighted by molar-refractivity contribution is -0.115. The quantitative estimate of drug-likeness (QED) is 0.474. The second-order valence-corrected chi connectivity index (χ2v) is 1.59. The van der Waals surface area contributed by atoms with Crippen LogP contribution in [0.1, 0.15) is 0 Å². The van der Waals surface area contributed by atoms with Crippen LogP contribution in [0.25, 0.3) is 0 Å². The van der Waals surface area contributed by atoms with E-state index in [4.69, 9.17) is 0 Å². The molecule has 0 aliphatic carbocycles. The third kappa shape index (κ3) is 6.44. The molecule has 1 N–H and O–H groups in total. The minimum Gasteiger partial charge on any atom is -0.504 e. The Kier molecular flexibility index (Phi) is 5.79. The Balaban J connectivity index is 3.53. The SMILES string of the molecule is CO/C=C/NC(=O)/C=C/OC. The molecule has 0 radical (unpaired) electrons. The molecule has 0 aromatic carbocycles. The van der Waals surface area contributed by atoms with Crippen LogP contribution in [0.3, 0.4) is 0 Å². The Labute approximate surface area is 65.5 Å². The van der Waals surface area contributed by atoms with Gasteiger partial charge < -0.3 is 14.8 Å². The van der Waals surface area contributed by atoms with Gasteiger partial charge in [0.1, 0.15) is 0 Å². The average Bonchev–Trinajstić information content (AvgIpc) is 2.01. The zero-order valence-corrected chi connectivity index (χ0v) is 6.53. The fraction of sp³-hybridized carbons (Fsp3) is 0.286. The van der Waals surface area contributed by atoms with Crippen molar-refractivity contribution in [2.75, 3.05) is 14.2 Å². The molecule has 0 spiro atoms. The molecule has 0 saturated carbocycles. The summed E-state index contributed by atoms with van der Waals surface area (Å²) < 4.78 is 9.07. The largest absolute Gasteiger partial charge is 0.504 e. The van der Waals surface area contributed by atoms with E-state index in [9.17, 15) is 4.79 Å². The van der Waals surface area contributed by atoms with Gasteiger partial charge in [0.15, 0.2) is 0 Å². The number of hydrogen-bond acceptors (Lipinski definition) is 3. The topological polar surface area (TPSA) is 47.6 Å². The number of carbonyl (C=O) groups is 1. The van der Waals surface area contributed by atoms with Crippen molar-refractivity contribution in [1.82, 2.24) is 5.32 Å². The molecule has 1 amide bonds. The minimum atomic E-state index is -0.264. The molecule has 4 heteroatoms. The van der Waals surface area contributed by atoms with E-state index in [1.54, 1.807) is 0 Å². The number of ether oxygens (including phenoxy) is 2. The Bertz CT molecular complexity index is 163. The van der Waals surface area contributed by atoms with Crippen LogP contribution in [0.5, 0.6) is 0 Å². The molecule has 11 heavy (non-hydrogen) atoms. The number of hydrogen-bond donors (Lipinski definition) is 1.